The van der Waals surface area contributed by atoms with Gasteiger partial charge in [-0.3, -0.25) is 9.89 Å². The highest BCUT2D eigenvalue weighted by atomic mass is 32.2. The first-order valence-corrected chi connectivity index (χ1v) is 8.77. The zero-order valence-corrected chi connectivity index (χ0v) is 15.0. The lowest BCUT2D eigenvalue weighted by Crippen LogP contribution is -2.28. The average Bonchev–Trinajstić information content (AvgIpc) is 3.20. The number of aromatic nitrogens is 3. The number of carbonyl (C=O) groups is 2. The van der Waals surface area contributed by atoms with Gasteiger partial charge >= 0.3 is 0 Å². The molecule has 2 heterocycles. The first-order valence-electron chi connectivity index (χ1n) is 7.96. The van der Waals surface area contributed by atoms with E-state index in [1.165, 1.54) is 11.1 Å². The van der Waals surface area contributed by atoms with Crippen LogP contribution in [0.2, 0.25) is 0 Å². The minimum absolute atomic E-state index is 0.130. The van der Waals surface area contributed by atoms with Crippen LogP contribution in [0.4, 0.5) is 5.69 Å². The van der Waals surface area contributed by atoms with Gasteiger partial charge in [-0.25, -0.2) is 4.98 Å². The number of hydrazone groups is 1. The number of rotatable bonds is 6. The standard InChI is InChI=1S/C17H17N5O3S/c1-3-14-18-17(20-19-14)26-13(16(24)25)9-12-10(2)21-22(15(12)23)11-7-5-4-6-8-11/h4-9,12H,3H2,1-2H3,(H,24,25)(H,18,19,20)/p-1/b13-9-/t12-/m1/s1. The summed E-state index contributed by atoms with van der Waals surface area (Å²) in [5, 5.41) is 24.0. The Bertz CT molecular complexity index is 891. The number of para-hydroxylation sites is 1. The van der Waals surface area contributed by atoms with Crippen LogP contribution in [-0.4, -0.2) is 32.8 Å². The monoisotopic (exact) mass is 370 g/mol. The van der Waals surface area contributed by atoms with Gasteiger partial charge in [0.05, 0.1) is 23.3 Å². The maximum absolute atomic E-state index is 12.7. The molecule has 1 amide bonds. The Balaban J connectivity index is 1.85. The molecule has 0 saturated carbocycles. The quantitative estimate of drug-likeness (QED) is 0.602. The van der Waals surface area contributed by atoms with Gasteiger partial charge in [0, 0.05) is 11.3 Å². The van der Waals surface area contributed by atoms with E-state index in [4.69, 9.17) is 0 Å². The molecule has 0 radical (unpaired) electrons. The Morgan fingerprint density at radius 2 is 2.12 bits per heavy atom. The molecule has 0 aliphatic carbocycles. The van der Waals surface area contributed by atoms with Crippen LogP contribution in [0.25, 0.3) is 0 Å². The average molecular weight is 370 g/mol. The van der Waals surface area contributed by atoms with Crippen LogP contribution < -0.4 is 10.1 Å². The molecule has 26 heavy (non-hydrogen) atoms. The third-order valence-corrected chi connectivity index (χ3v) is 4.64. The van der Waals surface area contributed by atoms with Crippen LogP contribution in [0, 0.1) is 5.92 Å². The number of anilines is 1. The zero-order valence-electron chi connectivity index (χ0n) is 14.2. The van der Waals surface area contributed by atoms with Crippen molar-refractivity contribution in [3.8, 4) is 0 Å². The molecule has 134 valence electrons. The molecule has 0 fully saturated rings. The van der Waals surface area contributed by atoms with Gasteiger partial charge in [-0.1, -0.05) is 31.2 Å². The predicted molar refractivity (Wildman–Crippen MR) is 95.2 cm³/mol. The lowest BCUT2D eigenvalue weighted by Gasteiger charge is -2.13. The van der Waals surface area contributed by atoms with Crippen LogP contribution in [-0.2, 0) is 16.0 Å². The summed E-state index contributed by atoms with van der Waals surface area (Å²) in [7, 11) is 0. The first kappa shape index (κ1) is 17.9. The number of carboxylic acid groups (broad SMARTS) is 1. The van der Waals surface area contributed by atoms with Gasteiger partial charge in [0.25, 0.3) is 5.91 Å². The summed E-state index contributed by atoms with van der Waals surface area (Å²) in [6.07, 6.45) is 1.99. The smallest absolute Gasteiger partial charge is 0.260 e. The number of thioether (sulfide) groups is 1. The summed E-state index contributed by atoms with van der Waals surface area (Å²) in [6, 6.07) is 8.95. The number of nitrogens with one attached hydrogen (secondary N) is 1. The maximum atomic E-state index is 12.7. The number of aryl methyl sites for hydroxylation is 1. The molecule has 9 heteroatoms. The molecule has 2 aromatic rings. The molecule has 0 saturated heterocycles. The molecule has 1 aliphatic rings. The fourth-order valence-corrected chi connectivity index (χ4v) is 3.13. The van der Waals surface area contributed by atoms with Gasteiger partial charge < -0.3 is 9.90 Å². The van der Waals surface area contributed by atoms with Crippen LogP contribution >= 0.6 is 11.8 Å². The number of H-pyrrole nitrogens is 1. The number of aliphatic carboxylic acids is 1. The maximum Gasteiger partial charge on any atom is 0.260 e. The van der Waals surface area contributed by atoms with E-state index in [9.17, 15) is 14.7 Å². The van der Waals surface area contributed by atoms with Crippen LogP contribution in [0.5, 0.6) is 0 Å². The topological polar surface area (TPSA) is 114 Å². The van der Waals surface area contributed by atoms with Crippen molar-refractivity contribution >= 4 is 35.0 Å². The van der Waals surface area contributed by atoms with Crippen molar-refractivity contribution in [3.05, 3.63) is 47.1 Å². The highest BCUT2D eigenvalue weighted by Crippen LogP contribution is 2.29. The largest absolute Gasteiger partial charge is 0.544 e. The summed E-state index contributed by atoms with van der Waals surface area (Å²) in [4.78, 5) is 28.2. The van der Waals surface area contributed by atoms with Crippen LogP contribution in [0.3, 0.4) is 0 Å². The van der Waals surface area contributed by atoms with E-state index in [2.05, 4.69) is 20.3 Å². The Morgan fingerprint density at radius 1 is 1.38 bits per heavy atom. The van der Waals surface area contributed by atoms with E-state index < -0.39 is 11.9 Å². The van der Waals surface area contributed by atoms with Crippen molar-refractivity contribution in [1.82, 2.24) is 15.2 Å². The summed E-state index contributed by atoms with van der Waals surface area (Å²) < 4.78 is 0. The molecule has 1 aromatic heterocycles. The van der Waals surface area contributed by atoms with Gasteiger partial charge in [0.1, 0.15) is 5.82 Å². The Kier molecular flexibility index (Phi) is 5.17. The van der Waals surface area contributed by atoms with Crippen LogP contribution in [0.15, 0.2) is 51.6 Å². The number of benzene rings is 1. The molecular formula is C17H16N5O3S-. The second kappa shape index (κ2) is 7.52. The van der Waals surface area contributed by atoms with Crippen LogP contribution in [0.1, 0.15) is 19.7 Å². The lowest BCUT2D eigenvalue weighted by molar-refractivity contribution is -0.298. The van der Waals surface area contributed by atoms with Gasteiger partial charge in [0.2, 0.25) is 5.16 Å². The summed E-state index contributed by atoms with van der Waals surface area (Å²) >= 11 is 0.841. The highest BCUT2D eigenvalue weighted by Gasteiger charge is 2.33. The van der Waals surface area contributed by atoms with Crippen molar-refractivity contribution in [3.63, 3.8) is 0 Å². The number of carbonyl (C=O) groups excluding carboxylic acids is 2. The number of hydrogen-bond acceptors (Lipinski definition) is 7. The molecule has 8 nitrogen and oxygen atoms in total. The minimum atomic E-state index is -1.39. The van der Waals surface area contributed by atoms with E-state index in [-0.39, 0.29) is 16.0 Å². The number of carboxylic acids is 1. The van der Waals surface area contributed by atoms with Gasteiger partial charge in [0.15, 0.2) is 0 Å². The van der Waals surface area contributed by atoms with E-state index in [1.54, 1.807) is 31.2 Å². The molecule has 1 aromatic carbocycles. The fraction of sp³-hybridized carbons (Fsp3) is 0.235. The molecule has 1 atom stereocenters. The molecule has 0 spiro atoms. The highest BCUT2D eigenvalue weighted by molar-refractivity contribution is 8.03. The SMILES string of the molecule is CCc1nc(S/C(=C\[C@H]2C(=O)N(c3ccccc3)N=C2C)C(=O)[O-])n[nH]1. The first-order chi connectivity index (χ1) is 12.5. The molecule has 1 N–H and O–H groups in total. The van der Waals surface area contributed by atoms with Crippen molar-refractivity contribution in [2.75, 3.05) is 5.01 Å². The van der Waals surface area contributed by atoms with E-state index in [0.29, 0.717) is 23.6 Å². The normalized spacial score (nSPS) is 17.5. The Labute approximate surface area is 154 Å². The second-order valence-corrected chi connectivity index (χ2v) is 6.55. The molecule has 3 rings (SSSR count). The number of nitrogens with zero attached hydrogens (tertiary/aromatic N) is 4. The minimum Gasteiger partial charge on any atom is -0.544 e. The van der Waals surface area contributed by atoms with Gasteiger partial charge in [-0.2, -0.15) is 10.1 Å². The van der Waals surface area contributed by atoms with Crippen molar-refractivity contribution in [2.45, 2.75) is 25.4 Å². The zero-order chi connectivity index (χ0) is 18.7. The van der Waals surface area contributed by atoms with Crippen molar-refractivity contribution in [1.29, 1.82) is 0 Å². The van der Waals surface area contributed by atoms with Crippen molar-refractivity contribution in [2.24, 2.45) is 11.0 Å². The summed E-state index contributed by atoms with van der Waals surface area (Å²) in [6.45, 7) is 3.58. The van der Waals surface area contributed by atoms with Gasteiger partial charge in [-0.15, -0.1) is 5.10 Å². The molecule has 0 bridgehead atoms. The predicted octanol–water partition coefficient (Wildman–Crippen LogP) is 1.13. The lowest BCUT2D eigenvalue weighted by atomic mass is 10.0. The van der Waals surface area contributed by atoms with E-state index in [0.717, 1.165) is 11.8 Å². The fourth-order valence-electron chi connectivity index (χ4n) is 2.40. The number of amides is 1. The van der Waals surface area contributed by atoms with Crippen molar-refractivity contribution < 1.29 is 14.7 Å². The number of aromatic amines is 1. The summed E-state index contributed by atoms with van der Waals surface area (Å²) in [5.41, 5.74) is 1.12. The Morgan fingerprint density at radius 3 is 2.73 bits per heavy atom. The molecule has 0 unspecified atom stereocenters. The third kappa shape index (κ3) is 3.67. The molecule has 1 aliphatic heterocycles. The third-order valence-electron chi connectivity index (χ3n) is 3.75. The van der Waals surface area contributed by atoms with E-state index in [1.807, 2.05) is 13.0 Å². The summed E-state index contributed by atoms with van der Waals surface area (Å²) in [5.74, 6) is -1.84. The van der Waals surface area contributed by atoms with Gasteiger partial charge in [-0.05, 0) is 30.8 Å². The van der Waals surface area contributed by atoms with E-state index >= 15 is 0 Å². The number of hydrogen-bond donors (Lipinski definition) is 1. The Hall–Kier alpha value is -2.94. The second-order valence-electron chi connectivity index (χ2n) is 5.54. The molecular weight excluding hydrogens is 354 g/mol.